The Morgan fingerprint density at radius 3 is 1.80 bits per heavy atom. The molecule has 3 nitrogen and oxygen atoms in total. The minimum absolute atomic E-state index is 0. The van der Waals surface area contributed by atoms with E-state index in [1.54, 1.807) is 0 Å². The first kappa shape index (κ1) is 8.86. The molecule has 0 aliphatic rings. The molecule has 0 rings (SSSR count). The molecule has 0 spiro atoms. The topological polar surface area (TPSA) is 63.3 Å². The fourth-order valence-electron chi connectivity index (χ4n) is 0. The summed E-state index contributed by atoms with van der Waals surface area (Å²) in [5, 5.41) is 7.19. The molecule has 3 N–H and O–H groups in total. The third-order valence-corrected chi connectivity index (χ3v) is 0. The Hall–Kier alpha value is -0.730. The quantitative estimate of drug-likeness (QED) is 0.419. The molecule has 0 aromatic rings. The Morgan fingerprint density at radius 1 is 1.80 bits per heavy atom. The lowest BCUT2D eigenvalue weighted by molar-refractivity contribution is 0.205. The van der Waals surface area contributed by atoms with Gasteiger partial charge in [0.1, 0.15) is 0 Å². The Kier molecular flexibility index (Phi) is 5.79. The zero-order valence-electron chi connectivity index (χ0n) is 2.51. The van der Waals surface area contributed by atoms with Gasteiger partial charge in [0.15, 0.2) is 0 Å². The first-order valence-electron chi connectivity index (χ1n) is 0.716. The van der Waals surface area contributed by atoms with Crippen molar-refractivity contribution in [2.75, 3.05) is 0 Å². The van der Waals surface area contributed by atoms with Crippen molar-refractivity contribution in [3.8, 4) is 0 Å². The van der Waals surface area contributed by atoms with E-state index >= 15 is 0 Å². The summed E-state index contributed by atoms with van der Waals surface area (Å²) in [6.45, 7) is 0. The summed E-state index contributed by atoms with van der Waals surface area (Å²) in [7, 11) is 0. The maximum Gasteiger partial charge on any atom is 0.402 e. The minimum Gasteiger partial charge on any atom is -0.465 e. The molecule has 0 aliphatic heterocycles. The van der Waals surface area contributed by atoms with Crippen LogP contribution in [0.15, 0.2) is 0 Å². The smallest absolute Gasteiger partial charge is 0.402 e. The van der Waals surface area contributed by atoms with Crippen LogP contribution in [0.2, 0.25) is 0 Å². The molecule has 0 saturated carbocycles. The fourth-order valence-corrected chi connectivity index (χ4v) is 0. The average Bonchev–Trinajstić information content (AvgIpc) is 0.811. The van der Waals surface area contributed by atoms with E-state index in [0.717, 1.165) is 0 Å². The van der Waals surface area contributed by atoms with Gasteiger partial charge in [-0.05, 0) is 7.43 Å². The molecule has 0 fully saturated rings. The van der Waals surface area contributed by atoms with Crippen molar-refractivity contribution in [1.29, 1.82) is 0 Å². The molecule has 3 radical (unpaired) electrons. The van der Waals surface area contributed by atoms with Gasteiger partial charge in [-0.15, -0.1) is 0 Å². The molecule has 3 heteroatoms. The van der Waals surface area contributed by atoms with Gasteiger partial charge < -0.3 is 10.8 Å². The Bertz CT molecular complexity index is 30.6. The van der Waals surface area contributed by atoms with Crippen molar-refractivity contribution in [3.63, 3.8) is 0 Å². The number of carbonyl (C=O) groups is 1. The highest BCUT2D eigenvalue weighted by Gasteiger charge is 1.65. The van der Waals surface area contributed by atoms with E-state index in [0.29, 0.717) is 0 Å². The van der Waals surface area contributed by atoms with E-state index in [4.69, 9.17) is 9.90 Å². The third-order valence-electron chi connectivity index (χ3n) is 0. The number of hydrogen-bond donors (Lipinski definition) is 2. The summed E-state index contributed by atoms with van der Waals surface area (Å²) in [5.74, 6) is 0. The van der Waals surface area contributed by atoms with Crippen LogP contribution < -0.4 is 5.73 Å². The highest BCUT2D eigenvalue weighted by Crippen LogP contribution is 1.34. The van der Waals surface area contributed by atoms with E-state index in [9.17, 15) is 0 Å². The molecule has 0 atom stereocenters. The van der Waals surface area contributed by atoms with Gasteiger partial charge in [0.25, 0.3) is 0 Å². The Labute approximate surface area is 30.4 Å². The second kappa shape index (κ2) is 3.27. The molecule has 29 valence electrons. The molecule has 0 aliphatic carbocycles. The Balaban J connectivity index is 0. The summed E-state index contributed by atoms with van der Waals surface area (Å²) in [6.07, 6.45) is -1.33. The van der Waals surface area contributed by atoms with Crippen molar-refractivity contribution in [2.24, 2.45) is 5.73 Å². The second-order valence-corrected chi connectivity index (χ2v) is 0.338. The summed E-state index contributed by atoms with van der Waals surface area (Å²) in [6, 6.07) is 0. The van der Waals surface area contributed by atoms with E-state index in [-0.39, 0.29) is 7.43 Å². The summed E-state index contributed by atoms with van der Waals surface area (Å²) in [4.78, 5) is 8.78. The molecule has 0 bridgehead atoms. The highest BCUT2D eigenvalue weighted by atomic mass is 16.4. The molecule has 0 unspecified atom stereocenters. The first-order chi connectivity index (χ1) is 1.73. The van der Waals surface area contributed by atoms with Crippen molar-refractivity contribution >= 4 is 6.09 Å². The number of amides is 1. The van der Waals surface area contributed by atoms with Gasteiger partial charge in [0, 0.05) is 0 Å². The lowest BCUT2D eigenvalue weighted by Gasteiger charge is -1.61. The predicted octanol–water partition coefficient (Wildman–Crippen LogP) is -0.173. The number of carboxylic acid groups (broad SMARTS) is 1. The van der Waals surface area contributed by atoms with Crippen LogP contribution in [0.3, 0.4) is 0 Å². The summed E-state index contributed by atoms with van der Waals surface area (Å²) < 4.78 is 0. The minimum atomic E-state index is -1.33. The van der Waals surface area contributed by atoms with Crippen molar-refractivity contribution < 1.29 is 9.90 Å². The zero-order chi connectivity index (χ0) is 3.58. The van der Waals surface area contributed by atoms with Gasteiger partial charge in [-0.25, -0.2) is 4.79 Å². The van der Waals surface area contributed by atoms with E-state index < -0.39 is 6.09 Å². The lowest BCUT2D eigenvalue weighted by Crippen LogP contribution is -2.03. The predicted molar refractivity (Wildman–Crippen MR) is 16.5 cm³/mol. The fraction of sp³-hybridized carbons (Fsp3) is 0. The SMILES string of the molecule is NC(=O)O.[CH]. The van der Waals surface area contributed by atoms with Crippen LogP contribution in [-0.4, -0.2) is 11.2 Å². The normalized spacial score (nSPS) is 4.80. The van der Waals surface area contributed by atoms with Gasteiger partial charge in [-0.2, -0.15) is 0 Å². The van der Waals surface area contributed by atoms with Crippen LogP contribution >= 0.6 is 0 Å². The van der Waals surface area contributed by atoms with E-state index in [1.807, 2.05) is 0 Å². The lowest BCUT2D eigenvalue weighted by atomic mass is 11.3. The maximum absolute atomic E-state index is 8.78. The molecule has 0 saturated heterocycles. The summed E-state index contributed by atoms with van der Waals surface area (Å²) >= 11 is 0. The van der Waals surface area contributed by atoms with Crippen molar-refractivity contribution in [2.45, 2.75) is 0 Å². The van der Waals surface area contributed by atoms with Gasteiger partial charge in [0.2, 0.25) is 0 Å². The number of hydrogen-bond acceptors (Lipinski definition) is 1. The summed E-state index contributed by atoms with van der Waals surface area (Å²) in [5.41, 5.74) is 4.03. The molecule has 0 aromatic heterocycles. The van der Waals surface area contributed by atoms with Crippen LogP contribution in [0.5, 0.6) is 0 Å². The molecule has 0 aromatic carbocycles. The number of primary amides is 1. The molecular formula is C2H4NO2. The molecule has 5 heavy (non-hydrogen) atoms. The van der Waals surface area contributed by atoms with Crippen molar-refractivity contribution in [3.05, 3.63) is 7.43 Å². The van der Waals surface area contributed by atoms with Crippen LogP contribution in [0, 0.1) is 7.43 Å². The van der Waals surface area contributed by atoms with Crippen LogP contribution in [-0.2, 0) is 0 Å². The monoisotopic (exact) mass is 74.0 g/mol. The van der Waals surface area contributed by atoms with Gasteiger partial charge in [0.05, 0.1) is 0 Å². The average molecular weight is 74.1 g/mol. The standard InChI is InChI=1S/CH3NO2.CH/c2-1(3)4;/h2H2,(H,3,4);1H. The van der Waals surface area contributed by atoms with Gasteiger partial charge >= 0.3 is 6.09 Å². The maximum atomic E-state index is 8.78. The highest BCUT2D eigenvalue weighted by molar-refractivity contribution is 5.61. The second-order valence-electron chi connectivity index (χ2n) is 0.338. The van der Waals surface area contributed by atoms with E-state index in [1.165, 1.54) is 0 Å². The van der Waals surface area contributed by atoms with Crippen LogP contribution in [0.25, 0.3) is 0 Å². The van der Waals surface area contributed by atoms with Crippen LogP contribution in [0.1, 0.15) is 0 Å². The molecule has 1 amide bonds. The van der Waals surface area contributed by atoms with Gasteiger partial charge in [-0.3, -0.25) is 0 Å². The largest absolute Gasteiger partial charge is 0.465 e. The van der Waals surface area contributed by atoms with Gasteiger partial charge in [-0.1, -0.05) is 0 Å². The molecule has 0 heterocycles. The third kappa shape index (κ3) is 9.90. The Morgan fingerprint density at radius 2 is 1.80 bits per heavy atom. The van der Waals surface area contributed by atoms with Crippen molar-refractivity contribution in [1.82, 2.24) is 0 Å². The van der Waals surface area contributed by atoms with E-state index in [2.05, 4.69) is 5.73 Å². The molecular weight excluding hydrogens is 70.0 g/mol. The first-order valence-corrected chi connectivity index (χ1v) is 0.716. The number of rotatable bonds is 0. The van der Waals surface area contributed by atoms with Crippen LogP contribution in [0.4, 0.5) is 4.79 Å². The zero-order valence-corrected chi connectivity index (χ0v) is 2.51. The number of nitrogens with two attached hydrogens (primary N) is 1.